The monoisotopic (exact) mass is 405 g/mol. The third-order valence-electron chi connectivity index (χ3n) is 7.52. The predicted octanol–water partition coefficient (Wildman–Crippen LogP) is -0.271. The summed E-state index contributed by atoms with van der Waals surface area (Å²) < 4.78 is 0. The van der Waals surface area contributed by atoms with Crippen molar-refractivity contribution in [3.05, 3.63) is 0 Å². The van der Waals surface area contributed by atoms with E-state index in [9.17, 15) is 14.4 Å². The van der Waals surface area contributed by atoms with Gasteiger partial charge in [0.15, 0.2) is 0 Å². The molecule has 1 atom stereocenters. The SMILES string of the molecule is CN1CCN(C(=O)[C@@H]2CCCN(C3CCN(C(=O)C4(C(N)=O)CC4)CC3)C2)CC1. The smallest absolute Gasteiger partial charge is 0.238 e. The van der Waals surface area contributed by atoms with Crippen LogP contribution in [0.1, 0.15) is 38.5 Å². The fraction of sp³-hybridized carbons (Fsp3) is 0.857. The van der Waals surface area contributed by atoms with Crippen LogP contribution in [0.3, 0.4) is 0 Å². The number of nitrogens with two attached hydrogens (primary N) is 1. The second-order valence-electron chi connectivity index (χ2n) is 9.43. The van der Waals surface area contributed by atoms with Crippen LogP contribution in [0, 0.1) is 11.3 Å². The maximum absolute atomic E-state index is 13.0. The topological polar surface area (TPSA) is 90.2 Å². The number of hydrogen-bond acceptors (Lipinski definition) is 5. The third kappa shape index (κ3) is 4.14. The number of primary amides is 1. The number of carbonyl (C=O) groups excluding carboxylic acids is 3. The lowest BCUT2D eigenvalue weighted by Gasteiger charge is -2.43. The zero-order valence-corrected chi connectivity index (χ0v) is 17.6. The van der Waals surface area contributed by atoms with E-state index >= 15 is 0 Å². The van der Waals surface area contributed by atoms with Gasteiger partial charge >= 0.3 is 0 Å². The van der Waals surface area contributed by atoms with E-state index < -0.39 is 11.3 Å². The Morgan fingerprint density at radius 1 is 0.862 bits per heavy atom. The quantitative estimate of drug-likeness (QED) is 0.651. The Bertz CT molecular complexity index is 649. The van der Waals surface area contributed by atoms with Crippen LogP contribution in [0.4, 0.5) is 0 Å². The van der Waals surface area contributed by atoms with Crippen molar-refractivity contribution in [2.75, 3.05) is 59.4 Å². The number of piperazine rings is 1. The summed E-state index contributed by atoms with van der Waals surface area (Å²) in [7, 11) is 2.11. The summed E-state index contributed by atoms with van der Waals surface area (Å²) in [5, 5.41) is 0. The van der Waals surface area contributed by atoms with Crippen molar-refractivity contribution in [3.63, 3.8) is 0 Å². The van der Waals surface area contributed by atoms with Crippen molar-refractivity contribution in [3.8, 4) is 0 Å². The Hall–Kier alpha value is -1.67. The first-order valence-electron chi connectivity index (χ1n) is 11.2. The summed E-state index contributed by atoms with van der Waals surface area (Å²) in [4.78, 5) is 46.0. The molecule has 3 aliphatic heterocycles. The number of hydrogen-bond donors (Lipinski definition) is 1. The van der Waals surface area contributed by atoms with E-state index in [-0.39, 0.29) is 11.8 Å². The Labute approximate surface area is 173 Å². The van der Waals surface area contributed by atoms with Gasteiger partial charge in [0.2, 0.25) is 17.7 Å². The first kappa shape index (κ1) is 20.6. The molecule has 0 aromatic carbocycles. The predicted molar refractivity (Wildman–Crippen MR) is 109 cm³/mol. The molecule has 0 aromatic heterocycles. The highest BCUT2D eigenvalue weighted by Crippen LogP contribution is 2.47. The first-order chi connectivity index (χ1) is 13.9. The highest BCUT2D eigenvalue weighted by Gasteiger charge is 2.57. The maximum Gasteiger partial charge on any atom is 0.238 e. The van der Waals surface area contributed by atoms with Crippen LogP contribution < -0.4 is 5.73 Å². The van der Waals surface area contributed by atoms with Crippen LogP contribution in [0.25, 0.3) is 0 Å². The molecule has 8 nitrogen and oxygen atoms in total. The minimum Gasteiger partial charge on any atom is -0.369 e. The van der Waals surface area contributed by atoms with Gasteiger partial charge in [0.05, 0.1) is 5.92 Å². The molecule has 0 spiro atoms. The fourth-order valence-corrected chi connectivity index (χ4v) is 5.25. The van der Waals surface area contributed by atoms with E-state index in [1.807, 2.05) is 9.80 Å². The molecule has 3 amide bonds. The summed E-state index contributed by atoms with van der Waals surface area (Å²) in [5.41, 5.74) is 4.56. The van der Waals surface area contributed by atoms with Crippen LogP contribution >= 0.6 is 0 Å². The highest BCUT2D eigenvalue weighted by molar-refractivity contribution is 6.07. The molecule has 0 aromatic rings. The molecule has 1 saturated carbocycles. The van der Waals surface area contributed by atoms with Gasteiger partial charge in [0.25, 0.3) is 0 Å². The Morgan fingerprint density at radius 2 is 1.52 bits per heavy atom. The van der Waals surface area contributed by atoms with Crippen LogP contribution in [0.2, 0.25) is 0 Å². The van der Waals surface area contributed by atoms with Gasteiger partial charge in [-0.15, -0.1) is 0 Å². The van der Waals surface area contributed by atoms with Gasteiger partial charge in [0.1, 0.15) is 5.41 Å². The molecule has 162 valence electrons. The zero-order chi connectivity index (χ0) is 20.6. The molecule has 4 fully saturated rings. The van der Waals surface area contributed by atoms with Crippen molar-refractivity contribution < 1.29 is 14.4 Å². The molecular formula is C21H35N5O3. The molecular weight excluding hydrogens is 370 g/mol. The number of rotatable bonds is 4. The first-order valence-corrected chi connectivity index (χ1v) is 11.2. The van der Waals surface area contributed by atoms with Gasteiger partial charge in [-0.05, 0) is 52.1 Å². The molecule has 3 saturated heterocycles. The molecule has 8 heteroatoms. The molecule has 0 bridgehead atoms. The molecule has 2 N–H and O–H groups in total. The van der Waals surface area contributed by atoms with E-state index in [2.05, 4.69) is 16.8 Å². The molecule has 0 unspecified atom stereocenters. The molecule has 3 heterocycles. The van der Waals surface area contributed by atoms with Crippen LogP contribution in [-0.2, 0) is 14.4 Å². The lowest BCUT2D eigenvalue weighted by atomic mass is 9.92. The van der Waals surface area contributed by atoms with Gasteiger partial charge in [-0.3, -0.25) is 19.3 Å². The summed E-state index contributed by atoms with van der Waals surface area (Å²) in [6.07, 6.45) is 5.08. The highest BCUT2D eigenvalue weighted by atomic mass is 16.2. The van der Waals surface area contributed by atoms with Crippen molar-refractivity contribution in [1.82, 2.24) is 19.6 Å². The summed E-state index contributed by atoms with van der Waals surface area (Å²) in [6.45, 7) is 6.86. The standard InChI is InChI=1S/C21H35N5O3/c1-23-11-13-24(14-12-23)18(27)16-3-2-8-26(15-16)17-4-9-25(10-5-17)20(29)21(6-7-21)19(22)28/h16-17H,2-15H2,1H3,(H2,22,28)/t16-/m1/s1. The van der Waals surface area contributed by atoms with Crippen molar-refractivity contribution in [1.29, 1.82) is 0 Å². The van der Waals surface area contributed by atoms with Gasteiger partial charge in [-0.25, -0.2) is 0 Å². The molecule has 0 radical (unpaired) electrons. The second-order valence-corrected chi connectivity index (χ2v) is 9.43. The van der Waals surface area contributed by atoms with Gasteiger partial charge in [0, 0.05) is 51.9 Å². The molecule has 29 heavy (non-hydrogen) atoms. The number of nitrogens with zero attached hydrogens (tertiary/aromatic N) is 4. The van der Waals surface area contributed by atoms with E-state index in [1.165, 1.54) is 0 Å². The molecule has 4 rings (SSSR count). The Balaban J connectivity index is 1.28. The van der Waals surface area contributed by atoms with Crippen molar-refractivity contribution in [2.45, 2.75) is 44.6 Å². The van der Waals surface area contributed by atoms with E-state index in [1.54, 1.807) is 0 Å². The lowest BCUT2D eigenvalue weighted by molar-refractivity contribution is -0.144. The number of piperidine rings is 2. The van der Waals surface area contributed by atoms with E-state index in [0.29, 0.717) is 37.9 Å². The summed E-state index contributed by atoms with van der Waals surface area (Å²) >= 11 is 0. The van der Waals surface area contributed by atoms with E-state index in [0.717, 1.165) is 65.0 Å². The second kappa shape index (κ2) is 8.22. The average Bonchev–Trinajstić information content (AvgIpc) is 3.56. The number of likely N-dealkylation sites (N-methyl/N-ethyl adjacent to an activating group) is 1. The maximum atomic E-state index is 13.0. The number of carbonyl (C=O) groups is 3. The third-order valence-corrected chi connectivity index (χ3v) is 7.52. The zero-order valence-electron chi connectivity index (χ0n) is 17.6. The summed E-state index contributed by atoms with van der Waals surface area (Å²) in [6, 6.07) is 0.422. The Kier molecular flexibility index (Phi) is 5.84. The van der Waals surface area contributed by atoms with Crippen LogP contribution in [-0.4, -0.2) is 103 Å². The minimum atomic E-state index is -0.905. The lowest BCUT2D eigenvalue weighted by Crippen LogP contribution is -2.55. The van der Waals surface area contributed by atoms with Gasteiger partial charge in [-0.2, -0.15) is 0 Å². The Morgan fingerprint density at radius 3 is 2.10 bits per heavy atom. The summed E-state index contributed by atoms with van der Waals surface area (Å²) in [5.74, 6) is -0.0971. The normalized spacial score (nSPS) is 28.9. The molecule has 4 aliphatic rings. The average molecular weight is 406 g/mol. The van der Waals surface area contributed by atoms with E-state index in [4.69, 9.17) is 5.73 Å². The van der Waals surface area contributed by atoms with Crippen LogP contribution in [0.15, 0.2) is 0 Å². The minimum absolute atomic E-state index is 0.0646. The van der Waals surface area contributed by atoms with Crippen LogP contribution in [0.5, 0.6) is 0 Å². The molecule has 1 aliphatic carbocycles. The van der Waals surface area contributed by atoms with Crippen molar-refractivity contribution >= 4 is 17.7 Å². The fourth-order valence-electron chi connectivity index (χ4n) is 5.25. The van der Waals surface area contributed by atoms with Gasteiger partial charge in [-0.1, -0.05) is 0 Å². The number of amides is 3. The largest absolute Gasteiger partial charge is 0.369 e. The number of likely N-dealkylation sites (tertiary alicyclic amines) is 2. The van der Waals surface area contributed by atoms with Gasteiger partial charge < -0.3 is 20.4 Å². The van der Waals surface area contributed by atoms with Crippen molar-refractivity contribution in [2.24, 2.45) is 17.1 Å².